The van der Waals surface area contributed by atoms with Gasteiger partial charge in [-0.1, -0.05) is 227 Å². The highest BCUT2D eigenvalue weighted by Crippen LogP contribution is 2.26. The summed E-state index contributed by atoms with van der Waals surface area (Å²) >= 11 is 0. The smallest absolute Gasteiger partial charge is 0.335 e. The molecule has 1 aliphatic rings. The van der Waals surface area contributed by atoms with Crippen LogP contribution < -0.4 is 0 Å². The van der Waals surface area contributed by atoms with Gasteiger partial charge in [-0.25, -0.2) is 4.79 Å². The molecule has 81 heavy (non-hydrogen) atoms. The number of aliphatic hydroxyl groups excluding tert-OH is 2. The second-order valence-electron chi connectivity index (χ2n) is 21.7. The van der Waals surface area contributed by atoms with E-state index in [1.807, 2.05) is 6.08 Å². The molecule has 0 bridgehead atoms. The molecule has 0 saturated carbocycles. The van der Waals surface area contributed by atoms with Crippen molar-refractivity contribution in [1.29, 1.82) is 0 Å². The van der Waals surface area contributed by atoms with Crippen molar-refractivity contribution in [3.05, 3.63) is 97.2 Å². The van der Waals surface area contributed by atoms with Crippen molar-refractivity contribution in [3.8, 4) is 0 Å². The van der Waals surface area contributed by atoms with E-state index < -0.39 is 67.3 Å². The Morgan fingerprint density at radius 2 is 0.790 bits per heavy atom. The van der Waals surface area contributed by atoms with Crippen LogP contribution in [0, 0.1) is 0 Å². The lowest BCUT2D eigenvalue weighted by atomic mass is 9.98. The van der Waals surface area contributed by atoms with Gasteiger partial charge in [0.2, 0.25) is 0 Å². The molecular weight excluding hydrogens is 1020 g/mol. The minimum absolute atomic E-state index is 0.0422. The highest BCUT2D eigenvalue weighted by molar-refractivity contribution is 5.74. The number of ether oxygens (including phenoxy) is 5. The van der Waals surface area contributed by atoms with E-state index in [2.05, 4.69) is 112 Å². The number of aliphatic carboxylic acids is 1. The summed E-state index contributed by atoms with van der Waals surface area (Å²) in [6, 6.07) is 0. The first-order chi connectivity index (χ1) is 39.6. The molecule has 1 fully saturated rings. The van der Waals surface area contributed by atoms with Crippen LogP contribution >= 0.6 is 0 Å². The maximum absolute atomic E-state index is 13.2. The van der Waals surface area contributed by atoms with E-state index in [-0.39, 0.29) is 25.9 Å². The van der Waals surface area contributed by atoms with E-state index in [1.165, 1.54) is 77.0 Å². The van der Waals surface area contributed by atoms with Gasteiger partial charge in [-0.05, 0) is 116 Å². The Bertz CT molecular complexity index is 1780. The first kappa shape index (κ1) is 74.7. The Labute approximate surface area is 492 Å². The molecule has 462 valence electrons. The summed E-state index contributed by atoms with van der Waals surface area (Å²) in [7, 11) is 0. The number of esters is 3. The largest absolute Gasteiger partial charge is 0.479 e. The van der Waals surface area contributed by atoms with Crippen LogP contribution in [0.25, 0.3) is 0 Å². The predicted octanol–water partition coefficient (Wildman–Crippen LogP) is 17.2. The summed E-state index contributed by atoms with van der Waals surface area (Å²) in [5.74, 6) is -3.21. The third-order valence-corrected chi connectivity index (χ3v) is 14.1. The number of carboxylic acid groups (broad SMARTS) is 1. The van der Waals surface area contributed by atoms with Gasteiger partial charge in [0.15, 0.2) is 24.6 Å². The number of hydrogen-bond acceptors (Lipinski definition) is 11. The molecule has 1 rings (SSSR count). The van der Waals surface area contributed by atoms with Crippen LogP contribution in [-0.2, 0) is 42.9 Å². The maximum Gasteiger partial charge on any atom is 0.335 e. The van der Waals surface area contributed by atoms with Crippen LogP contribution in [-0.4, -0.2) is 89.2 Å². The average molecular weight is 1140 g/mol. The maximum atomic E-state index is 13.2. The monoisotopic (exact) mass is 1130 g/mol. The van der Waals surface area contributed by atoms with Crippen molar-refractivity contribution in [1.82, 2.24) is 0 Å². The molecule has 6 atom stereocenters. The molecule has 1 saturated heterocycles. The van der Waals surface area contributed by atoms with Crippen LogP contribution in [0.5, 0.6) is 0 Å². The number of allylic oxidation sites excluding steroid dienone is 16. The van der Waals surface area contributed by atoms with Crippen LogP contribution in [0.3, 0.4) is 0 Å². The number of rotatable bonds is 54. The highest BCUT2D eigenvalue weighted by atomic mass is 16.7. The van der Waals surface area contributed by atoms with Crippen molar-refractivity contribution < 1.29 is 58.2 Å². The van der Waals surface area contributed by atoms with Gasteiger partial charge in [-0.2, -0.15) is 0 Å². The Kier molecular flexibility index (Phi) is 51.7. The van der Waals surface area contributed by atoms with E-state index >= 15 is 0 Å². The van der Waals surface area contributed by atoms with Crippen molar-refractivity contribution in [2.24, 2.45) is 0 Å². The van der Waals surface area contributed by atoms with Crippen molar-refractivity contribution in [2.45, 2.75) is 302 Å². The predicted molar refractivity (Wildman–Crippen MR) is 331 cm³/mol. The summed E-state index contributed by atoms with van der Waals surface area (Å²) in [5.41, 5.74) is 0. The van der Waals surface area contributed by atoms with Gasteiger partial charge in [0.25, 0.3) is 0 Å². The SMILES string of the molecule is CC/C=C\C/C=C\C/C=C\C/C=C\C/C=C\CCCC(=O)OCC(COC1OC(C(=O)O)C(O)C(O)C1OC(=O)CCCCCCCCC/C=C\C/C=C\CCCCC)OC(=O)CCCCCCCCC/C=C\CCCCCCCC. The molecule has 1 aliphatic heterocycles. The molecule has 0 spiro atoms. The van der Waals surface area contributed by atoms with E-state index in [1.54, 1.807) is 0 Å². The van der Waals surface area contributed by atoms with Gasteiger partial charge in [0, 0.05) is 19.3 Å². The standard InChI is InChI=1S/C69H114O12/c1-4-7-10-13-16-19-22-25-28-31-34-37-40-43-46-49-52-55-61(70)77-58-60(79-62(71)56-53-50-47-44-41-38-35-32-29-26-23-20-17-14-11-8-5-2)59-78-69-67(65(74)64(73)66(81-69)68(75)76)80-63(72)57-54-51-48-45-42-39-36-33-30-27-24-21-18-15-12-9-6-3/h7,10,16,18-19,21,25-30,34,37,43,46,60,64-67,69,73-74H,4-6,8-9,11-15,17,20,22-24,31-33,35-36,38-42,44-45,47-59H2,1-3H3,(H,75,76)/b10-7-,19-16-,21-18-,28-25-,29-26-,30-27-,37-34-,46-43-. The minimum Gasteiger partial charge on any atom is -0.479 e. The Balaban J connectivity index is 2.71. The van der Waals surface area contributed by atoms with Gasteiger partial charge in [-0.15, -0.1) is 0 Å². The van der Waals surface area contributed by atoms with E-state index in [0.717, 1.165) is 122 Å². The number of hydrogen-bond donors (Lipinski definition) is 3. The van der Waals surface area contributed by atoms with Crippen molar-refractivity contribution in [2.75, 3.05) is 13.2 Å². The van der Waals surface area contributed by atoms with Gasteiger partial charge in [0.1, 0.15) is 18.8 Å². The van der Waals surface area contributed by atoms with Crippen LogP contribution in [0.1, 0.15) is 265 Å². The summed E-state index contributed by atoms with van der Waals surface area (Å²) in [4.78, 5) is 51.3. The summed E-state index contributed by atoms with van der Waals surface area (Å²) in [6.45, 7) is 5.81. The normalized spacial score (nSPS) is 18.4. The Hall–Kier alpha value is -4.36. The fourth-order valence-corrected chi connectivity index (χ4v) is 9.19. The van der Waals surface area contributed by atoms with Crippen molar-refractivity contribution >= 4 is 23.9 Å². The molecule has 0 aromatic rings. The molecule has 12 heteroatoms. The lowest BCUT2D eigenvalue weighted by molar-refractivity contribution is -0.301. The fraction of sp³-hybridized carbons (Fsp3) is 0.710. The van der Waals surface area contributed by atoms with Gasteiger partial charge < -0.3 is 39.0 Å². The van der Waals surface area contributed by atoms with Gasteiger partial charge in [0.05, 0.1) is 6.61 Å². The van der Waals surface area contributed by atoms with Crippen LogP contribution in [0.2, 0.25) is 0 Å². The average Bonchev–Trinajstić information content (AvgIpc) is 3.53. The summed E-state index contributed by atoms with van der Waals surface area (Å²) < 4.78 is 28.5. The summed E-state index contributed by atoms with van der Waals surface area (Å²) in [6.07, 6.45) is 62.2. The fourth-order valence-electron chi connectivity index (χ4n) is 9.19. The molecule has 6 unspecified atom stereocenters. The van der Waals surface area contributed by atoms with Gasteiger partial charge >= 0.3 is 23.9 Å². The minimum atomic E-state index is -1.92. The molecule has 0 aromatic carbocycles. The number of carbonyl (C=O) groups is 4. The number of carbonyl (C=O) groups excluding carboxylic acids is 3. The second-order valence-corrected chi connectivity index (χ2v) is 21.7. The molecule has 0 amide bonds. The Morgan fingerprint density at radius 1 is 0.420 bits per heavy atom. The van der Waals surface area contributed by atoms with Gasteiger partial charge in [-0.3, -0.25) is 14.4 Å². The lowest BCUT2D eigenvalue weighted by Crippen LogP contribution is -2.61. The molecule has 1 heterocycles. The van der Waals surface area contributed by atoms with E-state index in [9.17, 15) is 34.5 Å². The molecule has 0 aliphatic carbocycles. The van der Waals surface area contributed by atoms with Crippen LogP contribution in [0.4, 0.5) is 0 Å². The van der Waals surface area contributed by atoms with Crippen molar-refractivity contribution in [3.63, 3.8) is 0 Å². The zero-order valence-corrected chi connectivity index (χ0v) is 51.0. The number of unbranched alkanes of at least 4 members (excludes halogenated alkanes) is 24. The highest BCUT2D eigenvalue weighted by Gasteiger charge is 2.50. The molecule has 3 N–H and O–H groups in total. The lowest BCUT2D eigenvalue weighted by Gasteiger charge is -2.40. The first-order valence-corrected chi connectivity index (χ1v) is 32.2. The van der Waals surface area contributed by atoms with Crippen LogP contribution in [0.15, 0.2) is 97.2 Å². The Morgan fingerprint density at radius 3 is 1.26 bits per heavy atom. The van der Waals surface area contributed by atoms with E-state index in [0.29, 0.717) is 25.7 Å². The second kappa shape index (κ2) is 56.1. The molecular formula is C69H114O12. The number of carboxylic acids is 1. The zero-order valence-electron chi connectivity index (χ0n) is 51.0. The third kappa shape index (κ3) is 45.8. The summed E-state index contributed by atoms with van der Waals surface area (Å²) in [5, 5.41) is 31.6. The quantitative estimate of drug-likeness (QED) is 0.0228. The first-order valence-electron chi connectivity index (χ1n) is 32.2. The number of aliphatic hydroxyl groups is 2. The molecule has 0 aromatic heterocycles. The zero-order chi connectivity index (χ0) is 58.9. The molecule has 0 radical (unpaired) electrons. The molecule has 12 nitrogen and oxygen atoms in total. The third-order valence-electron chi connectivity index (χ3n) is 14.1. The topological polar surface area (TPSA) is 175 Å². The van der Waals surface area contributed by atoms with E-state index in [4.69, 9.17) is 23.7 Å².